The lowest BCUT2D eigenvalue weighted by atomic mass is 10.0. The maximum Gasteiger partial charge on any atom is 0.214 e. The van der Waals surface area contributed by atoms with Gasteiger partial charge in [0.25, 0.3) is 0 Å². The van der Waals surface area contributed by atoms with Crippen LogP contribution in [-0.2, 0) is 0 Å². The number of methoxy groups -OCH3 is 1. The minimum Gasteiger partial charge on any atom is -0.481 e. The zero-order valence-corrected chi connectivity index (χ0v) is 12.8. The van der Waals surface area contributed by atoms with Gasteiger partial charge < -0.3 is 15.8 Å². The van der Waals surface area contributed by atoms with Crippen molar-refractivity contribution in [2.75, 3.05) is 12.4 Å². The summed E-state index contributed by atoms with van der Waals surface area (Å²) in [7, 11) is 1.60. The van der Waals surface area contributed by atoms with Gasteiger partial charge in [-0.2, -0.15) is 4.98 Å². The van der Waals surface area contributed by atoms with Crippen molar-refractivity contribution >= 4 is 22.3 Å². The second kappa shape index (κ2) is 6.67. The van der Waals surface area contributed by atoms with Crippen LogP contribution in [0.2, 0.25) is 0 Å². The zero-order valence-electron chi connectivity index (χ0n) is 12.0. The summed E-state index contributed by atoms with van der Waals surface area (Å²) in [5, 5.41) is 5.96. The van der Waals surface area contributed by atoms with Crippen molar-refractivity contribution in [3.05, 3.63) is 29.3 Å². The third kappa shape index (κ3) is 3.91. The average Bonchev–Trinajstić information content (AvgIpc) is 2.87. The minimum absolute atomic E-state index is 0.0138. The number of hydrogen-bond donors (Lipinski definition) is 2. The van der Waals surface area contributed by atoms with Gasteiger partial charge in [0.2, 0.25) is 5.88 Å². The van der Waals surface area contributed by atoms with E-state index in [1.807, 2.05) is 17.5 Å². The van der Waals surface area contributed by atoms with Crippen molar-refractivity contribution in [1.29, 1.82) is 0 Å². The fourth-order valence-corrected chi connectivity index (χ4v) is 2.63. The Balaban J connectivity index is 2.05. The molecule has 2 aromatic rings. The normalized spacial score (nSPS) is 12.4. The molecule has 2 heterocycles. The van der Waals surface area contributed by atoms with Crippen LogP contribution in [-0.4, -0.2) is 17.1 Å². The van der Waals surface area contributed by atoms with E-state index in [4.69, 9.17) is 10.5 Å². The predicted molar refractivity (Wildman–Crippen MR) is 82.6 cm³/mol. The van der Waals surface area contributed by atoms with Gasteiger partial charge in [-0.05, 0) is 18.4 Å². The number of pyridine rings is 1. The summed E-state index contributed by atoms with van der Waals surface area (Å²) in [5.74, 6) is 1.84. The molecule has 0 aliphatic heterocycles. The molecule has 0 fully saturated rings. The molecule has 2 rings (SSSR count). The van der Waals surface area contributed by atoms with Gasteiger partial charge in [-0.1, -0.05) is 19.9 Å². The smallest absolute Gasteiger partial charge is 0.214 e. The molecule has 0 amide bonds. The third-order valence-corrected chi connectivity index (χ3v) is 3.57. The summed E-state index contributed by atoms with van der Waals surface area (Å²) in [6.07, 6.45) is 0.931. The number of ether oxygens (including phenoxy) is 1. The van der Waals surface area contributed by atoms with Gasteiger partial charge >= 0.3 is 0 Å². The first-order chi connectivity index (χ1) is 9.58. The molecule has 108 valence electrons. The van der Waals surface area contributed by atoms with Crippen LogP contribution >= 0.6 is 11.3 Å². The van der Waals surface area contributed by atoms with Gasteiger partial charge in [0.15, 0.2) is 5.13 Å². The molecule has 0 aliphatic rings. The van der Waals surface area contributed by atoms with E-state index in [0.29, 0.717) is 17.6 Å². The maximum absolute atomic E-state index is 6.13. The van der Waals surface area contributed by atoms with E-state index in [2.05, 4.69) is 29.1 Å². The molecule has 6 heteroatoms. The van der Waals surface area contributed by atoms with Crippen molar-refractivity contribution in [1.82, 2.24) is 9.97 Å². The molecule has 1 atom stereocenters. The van der Waals surface area contributed by atoms with Crippen molar-refractivity contribution in [2.45, 2.75) is 26.3 Å². The van der Waals surface area contributed by atoms with Crippen LogP contribution in [0.5, 0.6) is 5.88 Å². The molecule has 0 aliphatic carbocycles. The van der Waals surface area contributed by atoms with E-state index >= 15 is 0 Å². The van der Waals surface area contributed by atoms with Crippen molar-refractivity contribution in [3.63, 3.8) is 0 Å². The number of rotatable bonds is 6. The second-order valence-corrected chi connectivity index (χ2v) is 5.86. The van der Waals surface area contributed by atoms with Gasteiger partial charge in [0.05, 0.1) is 12.8 Å². The molecular formula is C14H20N4OS. The molecule has 3 N–H and O–H groups in total. The summed E-state index contributed by atoms with van der Waals surface area (Å²) in [5.41, 5.74) is 7.05. The highest BCUT2D eigenvalue weighted by Gasteiger charge is 2.12. The first kappa shape index (κ1) is 14.7. The highest BCUT2D eigenvalue weighted by atomic mass is 32.1. The van der Waals surface area contributed by atoms with Gasteiger partial charge in [-0.25, -0.2) is 4.98 Å². The Morgan fingerprint density at radius 1 is 1.35 bits per heavy atom. The number of nitrogens with zero attached hydrogens (tertiary/aromatic N) is 2. The van der Waals surface area contributed by atoms with Crippen LogP contribution in [0.15, 0.2) is 23.6 Å². The minimum atomic E-state index is -0.0138. The van der Waals surface area contributed by atoms with Crippen LogP contribution in [0.25, 0.3) is 0 Å². The number of nitrogens with two attached hydrogens (primary N) is 1. The highest BCUT2D eigenvalue weighted by Crippen LogP contribution is 2.25. The summed E-state index contributed by atoms with van der Waals surface area (Å²) in [4.78, 5) is 8.81. The van der Waals surface area contributed by atoms with Crippen LogP contribution < -0.4 is 15.8 Å². The lowest BCUT2D eigenvalue weighted by molar-refractivity contribution is 0.398. The van der Waals surface area contributed by atoms with Crippen molar-refractivity contribution in [3.8, 4) is 5.88 Å². The number of nitrogens with one attached hydrogen (secondary N) is 1. The fourth-order valence-electron chi connectivity index (χ4n) is 1.85. The van der Waals surface area contributed by atoms with E-state index in [1.54, 1.807) is 13.2 Å². The molecule has 0 spiro atoms. The topological polar surface area (TPSA) is 73.1 Å². The molecule has 5 nitrogen and oxygen atoms in total. The quantitative estimate of drug-likeness (QED) is 0.854. The maximum atomic E-state index is 6.13. The zero-order chi connectivity index (χ0) is 14.5. The first-order valence-electron chi connectivity index (χ1n) is 6.57. The highest BCUT2D eigenvalue weighted by molar-refractivity contribution is 7.13. The molecular weight excluding hydrogens is 272 g/mol. The summed E-state index contributed by atoms with van der Waals surface area (Å²) >= 11 is 1.53. The predicted octanol–water partition coefficient (Wildman–Crippen LogP) is 3.34. The van der Waals surface area contributed by atoms with E-state index in [9.17, 15) is 0 Å². The molecule has 2 aromatic heterocycles. The Morgan fingerprint density at radius 2 is 2.15 bits per heavy atom. The lowest BCUT2D eigenvalue weighted by Crippen LogP contribution is -2.13. The monoisotopic (exact) mass is 292 g/mol. The first-order valence-corrected chi connectivity index (χ1v) is 7.45. The number of aromatic nitrogens is 2. The Labute approximate surface area is 123 Å². The van der Waals surface area contributed by atoms with Gasteiger partial charge in [-0.15, -0.1) is 11.3 Å². The lowest BCUT2D eigenvalue weighted by Gasteiger charge is -2.11. The van der Waals surface area contributed by atoms with E-state index in [0.717, 1.165) is 17.2 Å². The van der Waals surface area contributed by atoms with Gasteiger partial charge in [0, 0.05) is 17.5 Å². The SMILES string of the molecule is COc1cccc(Nc2nc(C(N)CC(C)C)cs2)n1. The van der Waals surface area contributed by atoms with Gasteiger partial charge in [-0.3, -0.25) is 0 Å². The number of hydrogen-bond acceptors (Lipinski definition) is 6. The Kier molecular flexibility index (Phi) is 4.92. The molecule has 0 saturated heterocycles. The molecule has 20 heavy (non-hydrogen) atoms. The van der Waals surface area contributed by atoms with E-state index < -0.39 is 0 Å². The molecule has 0 bridgehead atoms. The number of anilines is 2. The molecule has 0 aromatic carbocycles. The third-order valence-electron chi connectivity index (χ3n) is 2.79. The summed E-state index contributed by atoms with van der Waals surface area (Å²) in [6.45, 7) is 4.32. The van der Waals surface area contributed by atoms with E-state index in [-0.39, 0.29) is 6.04 Å². The van der Waals surface area contributed by atoms with Crippen LogP contribution in [0.3, 0.4) is 0 Å². The Morgan fingerprint density at radius 3 is 2.85 bits per heavy atom. The van der Waals surface area contributed by atoms with Crippen LogP contribution in [0, 0.1) is 5.92 Å². The van der Waals surface area contributed by atoms with Crippen LogP contribution in [0.4, 0.5) is 10.9 Å². The van der Waals surface area contributed by atoms with E-state index in [1.165, 1.54) is 11.3 Å². The Bertz CT molecular complexity index is 556. The summed E-state index contributed by atoms with van der Waals surface area (Å²) in [6, 6.07) is 5.54. The standard InChI is InChI=1S/C14H20N4OS/c1-9(2)7-10(15)11-8-20-14(16-11)18-12-5-4-6-13(17-12)19-3/h4-6,8-10H,7,15H2,1-3H3,(H,16,17,18). The summed E-state index contributed by atoms with van der Waals surface area (Å²) < 4.78 is 5.09. The average molecular weight is 292 g/mol. The fraction of sp³-hybridized carbons (Fsp3) is 0.429. The van der Waals surface area contributed by atoms with Crippen molar-refractivity contribution in [2.24, 2.45) is 11.7 Å². The Hall–Kier alpha value is -1.66. The van der Waals surface area contributed by atoms with Gasteiger partial charge in [0.1, 0.15) is 5.82 Å². The number of thiazole rings is 1. The largest absolute Gasteiger partial charge is 0.481 e. The molecule has 0 radical (unpaired) electrons. The van der Waals surface area contributed by atoms with Crippen molar-refractivity contribution < 1.29 is 4.74 Å². The second-order valence-electron chi connectivity index (χ2n) is 5.00. The van der Waals surface area contributed by atoms with Crippen LogP contribution in [0.1, 0.15) is 32.0 Å². The molecule has 1 unspecified atom stereocenters. The molecule has 0 saturated carbocycles.